The molecule has 0 radical (unpaired) electrons. The highest BCUT2D eigenvalue weighted by atomic mass is 16.4. The van der Waals surface area contributed by atoms with E-state index in [1.807, 2.05) is 13.8 Å². The summed E-state index contributed by atoms with van der Waals surface area (Å²) < 4.78 is 1.27. The highest BCUT2D eigenvalue weighted by Crippen LogP contribution is 2.19. The highest BCUT2D eigenvalue weighted by molar-refractivity contribution is 5.71. The Hall–Kier alpha value is -1.46. The zero-order valence-corrected chi connectivity index (χ0v) is 7.58. The molecule has 1 aromatic rings. The molecule has 0 unspecified atom stereocenters. The minimum absolute atomic E-state index is 0.0148. The number of carboxylic acid groups (broad SMARTS) is 1. The average molecular weight is 184 g/mol. The van der Waals surface area contributed by atoms with Crippen molar-refractivity contribution in [2.75, 3.05) is 0 Å². The fourth-order valence-corrected chi connectivity index (χ4v) is 1.14. The first-order valence-corrected chi connectivity index (χ1v) is 4.12. The Morgan fingerprint density at radius 3 is 2.77 bits per heavy atom. The fraction of sp³-hybridized carbons (Fsp3) is 0.714. The quantitative estimate of drug-likeness (QED) is 0.730. The molecule has 6 heteroatoms. The molecule has 0 fully saturated rings. The zero-order chi connectivity index (χ0) is 9.84. The average Bonchev–Trinajstić information content (AvgIpc) is 2.56. The van der Waals surface area contributed by atoms with Gasteiger partial charge in [0.2, 0.25) is 0 Å². The summed E-state index contributed by atoms with van der Waals surface area (Å²) in [6.45, 7) is 3.80. The van der Waals surface area contributed by atoms with Gasteiger partial charge < -0.3 is 5.11 Å². The second kappa shape index (κ2) is 3.97. The number of tetrazole rings is 1. The van der Waals surface area contributed by atoms with Gasteiger partial charge in [0, 0.05) is 0 Å². The van der Waals surface area contributed by atoms with Gasteiger partial charge in [0.05, 0.1) is 0 Å². The molecule has 0 saturated carbocycles. The van der Waals surface area contributed by atoms with Gasteiger partial charge in [0.1, 0.15) is 6.33 Å². The normalized spacial score (nSPS) is 15.2. The van der Waals surface area contributed by atoms with Gasteiger partial charge in [0.15, 0.2) is 6.04 Å². The number of hydrogen-bond donors (Lipinski definition) is 1. The molecule has 0 aliphatic heterocycles. The molecule has 0 aromatic carbocycles. The van der Waals surface area contributed by atoms with E-state index in [1.54, 1.807) is 0 Å². The summed E-state index contributed by atoms with van der Waals surface area (Å²) in [7, 11) is 0. The van der Waals surface area contributed by atoms with E-state index < -0.39 is 12.0 Å². The number of aliphatic carboxylic acids is 1. The molecule has 1 N–H and O–H groups in total. The van der Waals surface area contributed by atoms with Gasteiger partial charge in [-0.1, -0.05) is 20.3 Å². The third kappa shape index (κ3) is 2.01. The molecule has 2 atom stereocenters. The molecule has 1 rings (SSSR count). The summed E-state index contributed by atoms with van der Waals surface area (Å²) in [5, 5.41) is 19.3. The molecule has 0 aliphatic carbocycles. The van der Waals surface area contributed by atoms with Crippen LogP contribution in [0, 0.1) is 5.92 Å². The Kier molecular flexibility index (Phi) is 2.94. The molecule has 0 spiro atoms. The first kappa shape index (κ1) is 9.63. The van der Waals surface area contributed by atoms with Crippen molar-refractivity contribution in [3.05, 3.63) is 6.33 Å². The Morgan fingerprint density at radius 1 is 1.69 bits per heavy atom. The van der Waals surface area contributed by atoms with Crippen LogP contribution in [0.4, 0.5) is 0 Å². The van der Waals surface area contributed by atoms with Crippen LogP contribution in [0.3, 0.4) is 0 Å². The number of carboxylic acids is 1. The van der Waals surface area contributed by atoms with Gasteiger partial charge in [0.25, 0.3) is 0 Å². The number of hydrogen-bond acceptors (Lipinski definition) is 4. The van der Waals surface area contributed by atoms with E-state index in [2.05, 4.69) is 15.5 Å². The van der Waals surface area contributed by atoms with Crippen molar-refractivity contribution in [1.82, 2.24) is 20.2 Å². The first-order chi connectivity index (χ1) is 6.16. The van der Waals surface area contributed by atoms with Crippen LogP contribution in [0.1, 0.15) is 26.3 Å². The van der Waals surface area contributed by atoms with E-state index in [9.17, 15) is 4.79 Å². The van der Waals surface area contributed by atoms with Gasteiger partial charge in [-0.25, -0.2) is 9.48 Å². The van der Waals surface area contributed by atoms with E-state index in [4.69, 9.17) is 5.11 Å². The van der Waals surface area contributed by atoms with Crippen LogP contribution in [-0.2, 0) is 4.79 Å². The van der Waals surface area contributed by atoms with Crippen molar-refractivity contribution in [2.24, 2.45) is 5.92 Å². The van der Waals surface area contributed by atoms with Crippen LogP contribution in [0.15, 0.2) is 6.33 Å². The standard InChI is InChI=1S/C7H12N4O2/c1-3-5(2)6(7(12)13)11-4-8-9-10-11/h4-6H,3H2,1-2H3,(H,12,13)/t5-,6-/m0/s1. The van der Waals surface area contributed by atoms with Crippen molar-refractivity contribution < 1.29 is 9.90 Å². The van der Waals surface area contributed by atoms with Crippen molar-refractivity contribution in [2.45, 2.75) is 26.3 Å². The molecule has 72 valence electrons. The van der Waals surface area contributed by atoms with Gasteiger partial charge in [-0.05, 0) is 16.3 Å². The SMILES string of the molecule is CC[C@H](C)[C@@H](C(=O)O)n1cnnn1. The first-order valence-electron chi connectivity index (χ1n) is 4.12. The topological polar surface area (TPSA) is 80.9 Å². The van der Waals surface area contributed by atoms with Crippen LogP contribution in [0.2, 0.25) is 0 Å². The highest BCUT2D eigenvalue weighted by Gasteiger charge is 2.26. The molecule has 0 saturated heterocycles. The van der Waals surface area contributed by atoms with Crippen LogP contribution < -0.4 is 0 Å². The fourth-order valence-electron chi connectivity index (χ4n) is 1.14. The summed E-state index contributed by atoms with van der Waals surface area (Å²) in [5.74, 6) is -0.886. The molecule has 0 aliphatic rings. The van der Waals surface area contributed by atoms with Crippen molar-refractivity contribution >= 4 is 5.97 Å². The third-order valence-corrected chi connectivity index (χ3v) is 2.09. The third-order valence-electron chi connectivity index (χ3n) is 2.09. The largest absolute Gasteiger partial charge is 0.480 e. The van der Waals surface area contributed by atoms with E-state index in [-0.39, 0.29) is 5.92 Å². The Labute approximate surface area is 75.6 Å². The predicted molar refractivity (Wildman–Crippen MR) is 43.9 cm³/mol. The molecule has 13 heavy (non-hydrogen) atoms. The molecule has 0 bridgehead atoms. The number of carbonyl (C=O) groups is 1. The molecule has 1 heterocycles. The minimum atomic E-state index is -0.901. The molecule has 1 aromatic heterocycles. The van der Waals surface area contributed by atoms with Crippen molar-refractivity contribution in [3.63, 3.8) is 0 Å². The summed E-state index contributed by atoms with van der Waals surface area (Å²) in [6, 6.07) is -0.667. The summed E-state index contributed by atoms with van der Waals surface area (Å²) in [6.07, 6.45) is 2.10. The smallest absolute Gasteiger partial charge is 0.328 e. The summed E-state index contributed by atoms with van der Waals surface area (Å²) in [4.78, 5) is 10.9. The van der Waals surface area contributed by atoms with Gasteiger partial charge in [-0.3, -0.25) is 0 Å². The Bertz CT molecular complexity index is 272. The second-order valence-electron chi connectivity index (χ2n) is 2.96. The number of nitrogens with zero attached hydrogens (tertiary/aromatic N) is 4. The number of rotatable bonds is 4. The maximum Gasteiger partial charge on any atom is 0.328 e. The zero-order valence-electron chi connectivity index (χ0n) is 7.58. The molecule has 0 amide bonds. The maximum atomic E-state index is 10.9. The Balaban J connectivity index is 2.87. The van der Waals surface area contributed by atoms with Crippen LogP contribution in [0.25, 0.3) is 0 Å². The Morgan fingerprint density at radius 2 is 2.38 bits per heavy atom. The van der Waals surface area contributed by atoms with Crippen LogP contribution >= 0.6 is 0 Å². The summed E-state index contributed by atoms with van der Waals surface area (Å²) in [5.41, 5.74) is 0. The summed E-state index contributed by atoms with van der Waals surface area (Å²) >= 11 is 0. The lowest BCUT2D eigenvalue weighted by Gasteiger charge is -2.17. The molecule has 6 nitrogen and oxygen atoms in total. The van der Waals surface area contributed by atoms with E-state index >= 15 is 0 Å². The molecular formula is C7H12N4O2. The monoisotopic (exact) mass is 184 g/mol. The van der Waals surface area contributed by atoms with Crippen LogP contribution in [-0.4, -0.2) is 31.3 Å². The van der Waals surface area contributed by atoms with Gasteiger partial charge in [-0.2, -0.15) is 0 Å². The van der Waals surface area contributed by atoms with E-state index in [0.717, 1.165) is 6.42 Å². The lowest BCUT2D eigenvalue weighted by atomic mass is 10.00. The van der Waals surface area contributed by atoms with E-state index in [1.165, 1.54) is 11.0 Å². The maximum absolute atomic E-state index is 10.9. The van der Waals surface area contributed by atoms with Crippen molar-refractivity contribution in [3.8, 4) is 0 Å². The predicted octanol–water partition coefficient (Wildman–Crippen LogP) is 0.345. The second-order valence-corrected chi connectivity index (χ2v) is 2.96. The van der Waals surface area contributed by atoms with E-state index in [0.29, 0.717) is 0 Å². The lowest BCUT2D eigenvalue weighted by Crippen LogP contribution is -2.25. The van der Waals surface area contributed by atoms with Gasteiger partial charge in [-0.15, -0.1) is 5.10 Å². The van der Waals surface area contributed by atoms with Crippen molar-refractivity contribution in [1.29, 1.82) is 0 Å². The molecular weight excluding hydrogens is 172 g/mol. The minimum Gasteiger partial charge on any atom is -0.480 e. The lowest BCUT2D eigenvalue weighted by molar-refractivity contribution is -0.143. The van der Waals surface area contributed by atoms with Crippen LogP contribution in [0.5, 0.6) is 0 Å². The number of aromatic nitrogens is 4. The van der Waals surface area contributed by atoms with Gasteiger partial charge >= 0.3 is 5.97 Å².